The minimum Gasteiger partial charge on any atom is -0.469 e. The van der Waals surface area contributed by atoms with Gasteiger partial charge < -0.3 is 9.64 Å². The number of halogens is 1. The van der Waals surface area contributed by atoms with Gasteiger partial charge in [-0.15, -0.1) is 0 Å². The molecule has 0 spiro atoms. The molecule has 4 nitrogen and oxygen atoms in total. The minimum atomic E-state index is -0.375. The van der Waals surface area contributed by atoms with Crippen LogP contribution < -0.4 is 4.90 Å². The number of aromatic nitrogens is 1. The van der Waals surface area contributed by atoms with Crippen LogP contribution >= 0.6 is 0 Å². The SMILES string of the molecule is COC(=O)CCN(C)c1ccc(F)cn1. The first-order valence-corrected chi connectivity index (χ1v) is 4.53. The van der Waals surface area contributed by atoms with Crippen molar-refractivity contribution in [1.29, 1.82) is 0 Å². The molecular weight excluding hydrogens is 199 g/mol. The number of esters is 1. The van der Waals surface area contributed by atoms with E-state index in [4.69, 9.17) is 0 Å². The molecule has 15 heavy (non-hydrogen) atoms. The van der Waals surface area contributed by atoms with E-state index in [-0.39, 0.29) is 18.2 Å². The highest BCUT2D eigenvalue weighted by molar-refractivity contribution is 5.69. The number of nitrogens with zero attached hydrogens (tertiary/aromatic N) is 2. The zero-order valence-corrected chi connectivity index (χ0v) is 8.74. The molecule has 0 fully saturated rings. The normalized spacial score (nSPS) is 9.80. The van der Waals surface area contributed by atoms with Crippen molar-refractivity contribution in [3.63, 3.8) is 0 Å². The van der Waals surface area contributed by atoms with Crippen LogP contribution in [0, 0.1) is 5.82 Å². The number of hydrogen-bond acceptors (Lipinski definition) is 4. The van der Waals surface area contributed by atoms with Crippen molar-refractivity contribution in [1.82, 2.24) is 4.98 Å². The Bertz CT molecular complexity index is 327. The third kappa shape index (κ3) is 3.53. The lowest BCUT2D eigenvalue weighted by Gasteiger charge is -2.16. The molecule has 0 saturated heterocycles. The summed E-state index contributed by atoms with van der Waals surface area (Å²) in [5.41, 5.74) is 0. The summed E-state index contributed by atoms with van der Waals surface area (Å²) in [6.07, 6.45) is 1.43. The van der Waals surface area contributed by atoms with E-state index in [9.17, 15) is 9.18 Å². The highest BCUT2D eigenvalue weighted by Crippen LogP contribution is 2.08. The van der Waals surface area contributed by atoms with Crippen molar-refractivity contribution in [2.75, 3.05) is 25.6 Å². The van der Waals surface area contributed by atoms with Crippen LogP contribution in [0.1, 0.15) is 6.42 Å². The predicted octanol–water partition coefficient (Wildman–Crippen LogP) is 1.22. The lowest BCUT2D eigenvalue weighted by molar-refractivity contribution is -0.140. The van der Waals surface area contributed by atoms with Gasteiger partial charge in [0.15, 0.2) is 0 Å². The highest BCUT2D eigenvalue weighted by atomic mass is 19.1. The number of carbonyl (C=O) groups excluding carboxylic acids is 1. The fourth-order valence-electron chi connectivity index (χ4n) is 1.07. The van der Waals surface area contributed by atoms with Crippen LogP contribution in [0.15, 0.2) is 18.3 Å². The number of ether oxygens (including phenoxy) is 1. The first-order valence-electron chi connectivity index (χ1n) is 4.53. The molecule has 0 atom stereocenters. The van der Waals surface area contributed by atoms with E-state index in [1.165, 1.54) is 13.2 Å². The Kier molecular flexibility index (Phi) is 4.03. The molecule has 0 bridgehead atoms. The maximum Gasteiger partial charge on any atom is 0.307 e. The third-order valence-corrected chi connectivity index (χ3v) is 1.98. The van der Waals surface area contributed by atoms with Gasteiger partial charge in [0.1, 0.15) is 11.6 Å². The van der Waals surface area contributed by atoms with Gasteiger partial charge in [0.05, 0.1) is 19.7 Å². The molecule has 0 radical (unpaired) electrons. The Morgan fingerprint density at radius 3 is 2.87 bits per heavy atom. The van der Waals surface area contributed by atoms with Crippen molar-refractivity contribution < 1.29 is 13.9 Å². The van der Waals surface area contributed by atoms with Gasteiger partial charge in [0, 0.05) is 13.6 Å². The van der Waals surface area contributed by atoms with E-state index in [2.05, 4.69) is 9.72 Å². The molecule has 1 aromatic heterocycles. The number of pyridine rings is 1. The summed E-state index contributed by atoms with van der Waals surface area (Å²) in [7, 11) is 3.13. The Balaban J connectivity index is 2.50. The van der Waals surface area contributed by atoms with E-state index in [1.807, 2.05) is 0 Å². The molecule has 0 N–H and O–H groups in total. The van der Waals surface area contributed by atoms with Crippen molar-refractivity contribution in [2.24, 2.45) is 0 Å². The van der Waals surface area contributed by atoms with Crippen molar-refractivity contribution in [3.8, 4) is 0 Å². The van der Waals surface area contributed by atoms with Gasteiger partial charge in [-0.05, 0) is 12.1 Å². The molecule has 0 aliphatic carbocycles. The van der Waals surface area contributed by atoms with Crippen LogP contribution in [0.3, 0.4) is 0 Å². The summed E-state index contributed by atoms with van der Waals surface area (Å²) in [5.74, 6) is -0.0237. The second-order valence-corrected chi connectivity index (χ2v) is 3.08. The second kappa shape index (κ2) is 5.29. The lowest BCUT2D eigenvalue weighted by atomic mass is 10.3. The highest BCUT2D eigenvalue weighted by Gasteiger charge is 2.05. The van der Waals surface area contributed by atoms with Crippen molar-refractivity contribution >= 4 is 11.8 Å². The molecule has 1 heterocycles. The monoisotopic (exact) mass is 212 g/mol. The average molecular weight is 212 g/mol. The zero-order valence-electron chi connectivity index (χ0n) is 8.74. The van der Waals surface area contributed by atoms with Gasteiger partial charge >= 0.3 is 5.97 Å². The smallest absolute Gasteiger partial charge is 0.307 e. The van der Waals surface area contributed by atoms with E-state index in [1.54, 1.807) is 18.0 Å². The molecule has 0 unspecified atom stereocenters. The zero-order chi connectivity index (χ0) is 11.3. The molecule has 1 rings (SSSR count). The largest absolute Gasteiger partial charge is 0.469 e. The van der Waals surface area contributed by atoms with Crippen LogP contribution in [0.2, 0.25) is 0 Å². The molecule has 0 aliphatic heterocycles. The number of carbonyl (C=O) groups is 1. The summed E-state index contributed by atoms with van der Waals surface area (Å²) in [5, 5.41) is 0. The van der Waals surface area contributed by atoms with E-state index in [0.29, 0.717) is 12.4 Å². The van der Waals surface area contributed by atoms with Gasteiger partial charge in [-0.2, -0.15) is 0 Å². The fraction of sp³-hybridized carbons (Fsp3) is 0.400. The van der Waals surface area contributed by atoms with Crippen LogP contribution in [0.25, 0.3) is 0 Å². The van der Waals surface area contributed by atoms with Gasteiger partial charge in [-0.3, -0.25) is 4.79 Å². The van der Waals surface area contributed by atoms with Crippen molar-refractivity contribution in [2.45, 2.75) is 6.42 Å². The van der Waals surface area contributed by atoms with Gasteiger partial charge in [-0.1, -0.05) is 0 Å². The second-order valence-electron chi connectivity index (χ2n) is 3.08. The number of anilines is 1. The molecular formula is C10H13FN2O2. The Labute approximate surface area is 87.7 Å². The topological polar surface area (TPSA) is 42.4 Å². The van der Waals surface area contributed by atoms with Crippen LogP contribution in [0.4, 0.5) is 10.2 Å². The summed E-state index contributed by atoms with van der Waals surface area (Å²) in [4.78, 5) is 16.5. The number of hydrogen-bond donors (Lipinski definition) is 0. The molecule has 5 heteroatoms. The summed E-state index contributed by atoms with van der Waals surface area (Å²) in [6.45, 7) is 0.491. The summed E-state index contributed by atoms with van der Waals surface area (Å²) < 4.78 is 17.1. The summed E-state index contributed by atoms with van der Waals surface area (Å²) >= 11 is 0. The predicted molar refractivity (Wildman–Crippen MR) is 54.1 cm³/mol. The molecule has 0 aliphatic rings. The first-order chi connectivity index (χ1) is 7.13. The fourth-order valence-corrected chi connectivity index (χ4v) is 1.07. The molecule has 1 aromatic rings. The van der Waals surface area contributed by atoms with Gasteiger partial charge in [-0.25, -0.2) is 9.37 Å². The van der Waals surface area contributed by atoms with Crippen molar-refractivity contribution in [3.05, 3.63) is 24.1 Å². The Morgan fingerprint density at radius 2 is 2.33 bits per heavy atom. The molecule has 0 saturated carbocycles. The minimum absolute atomic E-state index is 0.274. The standard InChI is InChI=1S/C10H13FN2O2/c1-13(6-5-10(14)15-2)9-4-3-8(11)7-12-9/h3-4,7H,5-6H2,1-2H3. The first kappa shape index (κ1) is 11.4. The van der Waals surface area contributed by atoms with E-state index >= 15 is 0 Å². The maximum atomic E-state index is 12.6. The molecule has 0 aromatic carbocycles. The lowest BCUT2D eigenvalue weighted by Crippen LogP contribution is -2.22. The Hall–Kier alpha value is -1.65. The average Bonchev–Trinajstić information content (AvgIpc) is 2.26. The summed E-state index contributed by atoms with van der Waals surface area (Å²) in [6, 6.07) is 2.89. The molecule has 0 amide bonds. The quantitative estimate of drug-likeness (QED) is 0.704. The van der Waals surface area contributed by atoms with Gasteiger partial charge in [0.25, 0.3) is 0 Å². The Morgan fingerprint density at radius 1 is 1.60 bits per heavy atom. The van der Waals surface area contributed by atoms with Crippen LogP contribution in [0.5, 0.6) is 0 Å². The number of rotatable bonds is 4. The van der Waals surface area contributed by atoms with E-state index in [0.717, 1.165) is 6.20 Å². The maximum absolute atomic E-state index is 12.6. The third-order valence-electron chi connectivity index (χ3n) is 1.98. The van der Waals surface area contributed by atoms with Crippen LogP contribution in [-0.4, -0.2) is 31.7 Å². The van der Waals surface area contributed by atoms with Crippen LogP contribution in [-0.2, 0) is 9.53 Å². The molecule has 82 valence electrons. The number of methoxy groups -OCH3 is 1. The van der Waals surface area contributed by atoms with Gasteiger partial charge in [0.2, 0.25) is 0 Å². The van der Waals surface area contributed by atoms with E-state index < -0.39 is 0 Å².